The van der Waals surface area contributed by atoms with Gasteiger partial charge in [-0.05, 0) is 31.5 Å². The number of rotatable bonds is 5. The fourth-order valence-electron chi connectivity index (χ4n) is 2.67. The Morgan fingerprint density at radius 1 is 1.16 bits per heavy atom. The zero-order valence-corrected chi connectivity index (χ0v) is 13.8. The average molecular weight is 347 g/mol. The van der Waals surface area contributed by atoms with Crippen molar-refractivity contribution in [1.82, 2.24) is 15.1 Å². The van der Waals surface area contributed by atoms with Gasteiger partial charge in [0.05, 0.1) is 6.04 Å². The normalized spacial score (nSPS) is 17.3. The molecule has 1 aromatic carbocycles. The van der Waals surface area contributed by atoms with Gasteiger partial charge >= 0.3 is 17.8 Å². The molecule has 0 saturated carbocycles. The van der Waals surface area contributed by atoms with Crippen LogP contribution in [0.2, 0.25) is 0 Å². The molecule has 3 rings (SSSR count). The molecule has 0 spiro atoms. The molecule has 2 aliphatic heterocycles. The number of hydrogen-bond donors (Lipinski definition) is 1. The molecule has 1 N–H and O–H groups in total. The zero-order chi connectivity index (χ0) is 18.1. The zero-order valence-electron chi connectivity index (χ0n) is 13.8. The summed E-state index contributed by atoms with van der Waals surface area (Å²) in [7, 11) is 0. The summed E-state index contributed by atoms with van der Waals surface area (Å²) in [5.74, 6) is -1.22. The monoisotopic (exact) mass is 347 g/mol. The van der Waals surface area contributed by atoms with Gasteiger partial charge in [0, 0.05) is 6.54 Å². The Kier molecular flexibility index (Phi) is 4.30. The van der Waals surface area contributed by atoms with E-state index < -0.39 is 30.3 Å². The summed E-state index contributed by atoms with van der Waals surface area (Å²) in [4.78, 5) is 49.0. The predicted octanol–water partition coefficient (Wildman–Crippen LogP) is 0.403. The maximum Gasteiger partial charge on any atom is 0.334 e. The maximum atomic E-state index is 12.2. The molecule has 0 aliphatic carbocycles. The molecule has 9 nitrogen and oxygen atoms in total. The predicted molar refractivity (Wildman–Crippen MR) is 83.6 cm³/mol. The molecular formula is C16H17N3O6. The van der Waals surface area contributed by atoms with Gasteiger partial charge in [-0.3, -0.25) is 19.3 Å². The number of amides is 5. The van der Waals surface area contributed by atoms with Crippen LogP contribution in [-0.4, -0.2) is 53.4 Å². The number of benzene rings is 1. The molecule has 9 heteroatoms. The highest BCUT2D eigenvalue weighted by molar-refractivity contribution is 6.45. The number of urea groups is 1. The Morgan fingerprint density at radius 3 is 2.52 bits per heavy atom. The third kappa shape index (κ3) is 3.00. The number of fused-ring (bicyclic) bond motifs is 1. The highest BCUT2D eigenvalue weighted by Crippen LogP contribution is 2.34. The Labute approximate surface area is 143 Å². The van der Waals surface area contributed by atoms with Crippen LogP contribution in [0.15, 0.2) is 18.2 Å². The van der Waals surface area contributed by atoms with Crippen molar-refractivity contribution in [3.63, 3.8) is 0 Å². The Morgan fingerprint density at radius 2 is 1.84 bits per heavy atom. The summed E-state index contributed by atoms with van der Waals surface area (Å²) in [6, 6.07) is 4.12. The number of nitrogens with zero attached hydrogens (tertiary/aromatic N) is 2. The summed E-state index contributed by atoms with van der Waals surface area (Å²) in [6.45, 7) is 3.06. The van der Waals surface area contributed by atoms with E-state index in [1.807, 2.05) is 0 Å². The molecular weight excluding hydrogens is 330 g/mol. The lowest BCUT2D eigenvalue weighted by molar-refractivity contribution is -0.144. The minimum absolute atomic E-state index is 0.0785. The molecule has 0 bridgehead atoms. The topological polar surface area (TPSA) is 105 Å². The van der Waals surface area contributed by atoms with Crippen molar-refractivity contribution in [3.8, 4) is 11.5 Å². The van der Waals surface area contributed by atoms with Crippen LogP contribution in [-0.2, 0) is 14.4 Å². The van der Waals surface area contributed by atoms with Crippen molar-refractivity contribution in [3.05, 3.63) is 23.8 Å². The van der Waals surface area contributed by atoms with E-state index in [2.05, 4.69) is 5.32 Å². The van der Waals surface area contributed by atoms with Gasteiger partial charge in [0.15, 0.2) is 11.5 Å². The van der Waals surface area contributed by atoms with Crippen molar-refractivity contribution in [2.24, 2.45) is 0 Å². The molecule has 1 aromatic rings. The molecule has 0 aromatic heterocycles. The van der Waals surface area contributed by atoms with Crippen LogP contribution in [0.1, 0.15) is 25.5 Å². The van der Waals surface area contributed by atoms with Crippen LogP contribution in [0.5, 0.6) is 11.5 Å². The molecule has 2 heterocycles. The number of carbonyl (C=O) groups is 4. The lowest BCUT2D eigenvalue weighted by Gasteiger charge is -2.18. The highest BCUT2D eigenvalue weighted by Gasteiger charge is 2.44. The van der Waals surface area contributed by atoms with Crippen LogP contribution in [0, 0.1) is 0 Å². The van der Waals surface area contributed by atoms with Crippen molar-refractivity contribution in [2.45, 2.75) is 19.9 Å². The molecule has 5 amide bonds. The molecule has 0 radical (unpaired) electrons. The molecule has 2 aliphatic rings. The second-order valence-corrected chi connectivity index (χ2v) is 5.63. The lowest BCUT2D eigenvalue weighted by atomic mass is 10.1. The summed E-state index contributed by atoms with van der Waals surface area (Å²) in [6.07, 6.45) is 0. The molecule has 1 atom stereocenters. The second kappa shape index (κ2) is 6.42. The quantitative estimate of drug-likeness (QED) is 0.611. The summed E-state index contributed by atoms with van der Waals surface area (Å²) in [5.41, 5.74) is 0.780. The standard InChI is InChI=1S/C16H17N3O6/c1-3-18-14(21)15(22)19(16(18)23)7-13(20)17-9(2)10-4-5-11-12(6-10)25-8-24-11/h4-6,9H,3,7-8H2,1-2H3,(H,17,20)/t9-/m0/s1. The minimum atomic E-state index is -0.988. The molecule has 0 unspecified atom stereocenters. The van der Waals surface area contributed by atoms with Gasteiger partial charge < -0.3 is 14.8 Å². The van der Waals surface area contributed by atoms with Gasteiger partial charge in [0.2, 0.25) is 12.7 Å². The van der Waals surface area contributed by atoms with E-state index in [-0.39, 0.29) is 19.4 Å². The molecule has 1 saturated heterocycles. The first kappa shape index (κ1) is 16.7. The fourth-order valence-corrected chi connectivity index (χ4v) is 2.67. The van der Waals surface area contributed by atoms with E-state index in [4.69, 9.17) is 9.47 Å². The van der Waals surface area contributed by atoms with Crippen molar-refractivity contribution < 1.29 is 28.7 Å². The van der Waals surface area contributed by atoms with Crippen molar-refractivity contribution in [1.29, 1.82) is 0 Å². The Hall–Kier alpha value is -3.10. The third-order valence-electron chi connectivity index (χ3n) is 4.03. The van der Waals surface area contributed by atoms with Gasteiger partial charge in [-0.15, -0.1) is 0 Å². The largest absolute Gasteiger partial charge is 0.454 e. The summed E-state index contributed by atoms with van der Waals surface area (Å²) in [5, 5.41) is 2.69. The van der Waals surface area contributed by atoms with E-state index in [9.17, 15) is 19.2 Å². The Bertz CT molecular complexity index is 762. The highest BCUT2D eigenvalue weighted by atomic mass is 16.7. The van der Waals surface area contributed by atoms with Gasteiger partial charge in [0.1, 0.15) is 6.54 Å². The smallest absolute Gasteiger partial charge is 0.334 e. The van der Waals surface area contributed by atoms with E-state index >= 15 is 0 Å². The summed E-state index contributed by atoms with van der Waals surface area (Å²) >= 11 is 0. The van der Waals surface area contributed by atoms with E-state index in [0.717, 1.165) is 10.5 Å². The number of nitrogens with one attached hydrogen (secondary N) is 1. The van der Waals surface area contributed by atoms with Crippen LogP contribution < -0.4 is 14.8 Å². The minimum Gasteiger partial charge on any atom is -0.454 e. The second-order valence-electron chi connectivity index (χ2n) is 5.63. The Balaban J connectivity index is 1.63. The number of likely N-dealkylation sites (N-methyl/N-ethyl adjacent to an activating group) is 1. The van der Waals surface area contributed by atoms with E-state index in [1.165, 1.54) is 0 Å². The number of ether oxygens (including phenoxy) is 2. The van der Waals surface area contributed by atoms with Gasteiger partial charge in [0.25, 0.3) is 0 Å². The van der Waals surface area contributed by atoms with Crippen LogP contribution in [0.4, 0.5) is 4.79 Å². The number of imide groups is 2. The maximum absolute atomic E-state index is 12.2. The van der Waals surface area contributed by atoms with E-state index in [1.54, 1.807) is 32.0 Å². The molecule has 25 heavy (non-hydrogen) atoms. The SMILES string of the molecule is CCN1C(=O)C(=O)N(CC(=O)N[C@@H](C)c2ccc3c(c2)OCO3)C1=O. The van der Waals surface area contributed by atoms with Gasteiger partial charge in [-0.1, -0.05) is 6.07 Å². The van der Waals surface area contributed by atoms with Crippen molar-refractivity contribution in [2.75, 3.05) is 19.9 Å². The first-order valence-electron chi connectivity index (χ1n) is 7.78. The molecule has 132 valence electrons. The lowest BCUT2D eigenvalue weighted by Crippen LogP contribution is -2.42. The van der Waals surface area contributed by atoms with Crippen LogP contribution in [0.3, 0.4) is 0 Å². The first-order valence-corrected chi connectivity index (χ1v) is 7.78. The summed E-state index contributed by atoms with van der Waals surface area (Å²) < 4.78 is 10.5. The van der Waals surface area contributed by atoms with Crippen LogP contribution >= 0.6 is 0 Å². The average Bonchev–Trinajstić information content (AvgIpc) is 3.13. The number of hydrogen-bond acceptors (Lipinski definition) is 6. The fraction of sp³-hybridized carbons (Fsp3) is 0.375. The van der Waals surface area contributed by atoms with Crippen LogP contribution in [0.25, 0.3) is 0 Å². The molecule has 1 fully saturated rings. The first-order chi connectivity index (χ1) is 11.9. The van der Waals surface area contributed by atoms with Gasteiger partial charge in [-0.25, -0.2) is 9.69 Å². The third-order valence-corrected chi connectivity index (χ3v) is 4.03. The number of carbonyl (C=O) groups excluding carboxylic acids is 4. The van der Waals surface area contributed by atoms with Crippen molar-refractivity contribution >= 4 is 23.8 Å². The van der Waals surface area contributed by atoms with Gasteiger partial charge in [-0.2, -0.15) is 0 Å². The van der Waals surface area contributed by atoms with E-state index in [0.29, 0.717) is 16.4 Å².